The van der Waals surface area contributed by atoms with E-state index in [4.69, 9.17) is 5.73 Å². The second-order valence-corrected chi connectivity index (χ2v) is 3.46. The van der Waals surface area contributed by atoms with Crippen LogP contribution in [0.1, 0.15) is 12.8 Å². The van der Waals surface area contributed by atoms with Crippen LogP contribution in [0.3, 0.4) is 0 Å². The molecule has 2 aliphatic carbocycles. The lowest BCUT2D eigenvalue weighted by Gasteiger charge is -2.08. The van der Waals surface area contributed by atoms with Crippen LogP contribution in [0, 0.1) is 17.8 Å². The van der Waals surface area contributed by atoms with Gasteiger partial charge in [0.25, 0.3) is 5.92 Å². The summed E-state index contributed by atoms with van der Waals surface area (Å²) in [5.41, 5.74) is 4.99. The summed E-state index contributed by atoms with van der Waals surface area (Å²) >= 11 is 0. The van der Waals surface area contributed by atoms with Crippen molar-refractivity contribution in [2.75, 3.05) is 0 Å². The van der Waals surface area contributed by atoms with Crippen molar-refractivity contribution in [1.82, 2.24) is 0 Å². The van der Waals surface area contributed by atoms with Crippen LogP contribution in [-0.4, -0.2) is 11.8 Å². The molecular weight excluding hydrogens is 152 g/mol. The Hall–Kier alpha value is -0.670. The minimum atomic E-state index is -2.48. The van der Waals surface area contributed by atoms with Crippen LogP contribution < -0.4 is 5.73 Å². The first kappa shape index (κ1) is 7.00. The number of carbonyl (C=O) groups is 1. The summed E-state index contributed by atoms with van der Waals surface area (Å²) in [5, 5.41) is 0. The van der Waals surface area contributed by atoms with Crippen molar-refractivity contribution < 1.29 is 13.6 Å². The molecule has 0 aromatic heterocycles. The van der Waals surface area contributed by atoms with Gasteiger partial charge in [-0.2, -0.15) is 0 Å². The highest BCUT2D eigenvalue weighted by Crippen LogP contribution is 2.65. The Morgan fingerprint density at radius 2 is 1.82 bits per heavy atom. The zero-order chi connectivity index (χ0) is 8.22. The second kappa shape index (κ2) is 1.73. The molecule has 2 nitrogen and oxygen atoms in total. The zero-order valence-corrected chi connectivity index (χ0v) is 5.89. The molecule has 0 aromatic rings. The molecule has 4 heteroatoms. The van der Waals surface area contributed by atoms with Crippen molar-refractivity contribution in [3.8, 4) is 0 Å². The summed E-state index contributed by atoms with van der Waals surface area (Å²) in [4.78, 5) is 10.6. The molecular formula is C7H9F2NO. The summed E-state index contributed by atoms with van der Waals surface area (Å²) in [7, 11) is 0. The third-order valence-corrected chi connectivity index (χ3v) is 2.84. The fourth-order valence-corrected chi connectivity index (χ4v) is 2.04. The minimum Gasteiger partial charge on any atom is -0.369 e. The van der Waals surface area contributed by atoms with Crippen LogP contribution in [-0.2, 0) is 4.79 Å². The Balaban J connectivity index is 2.00. The topological polar surface area (TPSA) is 43.1 Å². The predicted octanol–water partition coefficient (Wildman–Crippen LogP) is 0.763. The van der Waals surface area contributed by atoms with Crippen LogP contribution in [0.25, 0.3) is 0 Å². The lowest BCUT2D eigenvalue weighted by Crippen LogP contribution is -2.24. The highest BCUT2D eigenvalue weighted by molar-refractivity contribution is 5.77. The maximum atomic E-state index is 12.5. The summed E-state index contributed by atoms with van der Waals surface area (Å²) in [6, 6.07) is 0. The van der Waals surface area contributed by atoms with Crippen molar-refractivity contribution in [3.63, 3.8) is 0 Å². The average Bonchev–Trinajstić information content (AvgIpc) is 2.28. The fourth-order valence-electron chi connectivity index (χ4n) is 2.04. The SMILES string of the molecule is NC(=O)C1C[C@@H]2[C@H](C1)C2(F)F. The number of carbonyl (C=O) groups excluding carboxylic acids is 1. The first-order valence-electron chi connectivity index (χ1n) is 3.70. The van der Waals surface area contributed by atoms with Crippen molar-refractivity contribution in [3.05, 3.63) is 0 Å². The molecule has 62 valence electrons. The molecule has 11 heavy (non-hydrogen) atoms. The van der Waals surface area contributed by atoms with Crippen molar-refractivity contribution in [1.29, 1.82) is 0 Å². The lowest BCUT2D eigenvalue weighted by molar-refractivity contribution is -0.122. The molecule has 2 rings (SSSR count). The number of halogens is 2. The van der Waals surface area contributed by atoms with Gasteiger partial charge in [-0.1, -0.05) is 0 Å². The van der Waals surface area contributed by atoms with Crippen LogP contribution in [0.15, 0.2) is 0 Å². The van der Waals surface area contributed by atoms with Gasteiger partial charge in [0.15, 0.2) is 0 Å². The Bertz CT molecular complexity index is 202. The van der Waals surface area contributed by atoms with Crippen LogP contribution >= 0.6 is 0 Å². The summed E-state index contributed by atoms with van der Waals surface area (Å²) in [6.07, 6.45) is 0.597. The normalized spacial score (nSPS) is 45.1. The lowest BCUT2D eigenvalue weighted by atomic mass is 10.0. The van der Waals surface area contributed by atoms with E-state index >= 15 is 0 Å². The number of rotatable bonds is 1. The Morgan fingerprint density at radius 1 is 1.36 bits per heavy atom. The molecule has 0 spiro atoms. The standard InChI is InChI=1S/C7H9F2NO/c8-7(9)4-1-3(6(10)11)2-5(4)7/h3-5H,1-2H2,(H2,10,11)/t3?,4-,5+. The van der Waals surface area contributed by atoms with Gasteiger partial charge in [-0.3, -0.25) is 4.79 Å². The van der Waals surface area contributed by atoms with E-state index in [9.17, 15) is 13.6 Å². The molecule has 0 radical (unpaired) electrons. The van der Waals surface area contributed by atoms with Gasteiger partial charge in [0.05, 0.1) is 0 Å². The highest BCUT2D eigenvalue weighted by Gasteiger charge is 2.71. The molecule has 0 saturated heterocycles. The number of primary amides is 1. The molecule has 0 aromatic carbocycles. The zero-order valence-electron chi connectivity index (χ0n) is 5.89. The number of alkyl halides is 2. The third kappa shape index (κ3) is 0.781. The second-order valence-electron chi connectivity index (χ2n) is 3.46. The smallest absolute Gasteiger partial charge is 0.254 e. The first-order valence-corrected chi connectivity index (χ1v) is 3.70. The molecule has 1 unspecified atom stereocenters. The summed E-state index contributed by atoms with van der Waals surface area (Å²) in [6.45, 7) is 0. The van der Waals surface area contributed by atoms with E-state index in [-0.39, 0.29) is 5.92 Å². The molecule has 1 amide bonds. The van der Waals surface area contributed by atoms with Crippen molar-refractivity contribution >= 4 is 5.91 Å². The number of nitrogens with two attached hydrogens (primary N) is 1. The van der Waals surface area contributed by atoms with E-state index in [1.807, 2.05) is 0 Å². The largest absolute Gasteiger partial charge is 0.369 e. The Morgan fingerprint density at radius 3 is 2.18 bits per heavy atom. The highest BCUT2D eigenvalue weighted by atomic mass is 19.3. The Labute approximate surface area is 62.7 Å². The minimum absolute atomic E-state index is 0.287. The maximum absolute atomic E-state index is 12.5. The van der Waals surface area contributed by atoms with Gasteiger partial charge < -0.3 is 5.73 Å². The van der Waals surface area contributed by atoms with E-state index in [1.165, 1.54) is 0 Å². The first-order chi connectivity index (χ1) is 5.03. The third-order valence-electron chi connectivity index (χ3n) is 2.84. The van der Waals surface area contributed by atoms with Gasteiger partial charge in [0, 0.05) is 17.8 Å². The van der Waals surface area contributed by atoms with E-state index in [2.05, 4.69) is 0 Å². The van der Waals surface area contributed by atoms with Crippen LogP contribution in [0.5, 0.6) is 0 Å². The average molecular weight is 161 g/mol. The predicted molar refractivity (Wildman–Crippen MR) is 33.8 cm³/mol. The van der Waals surface area contributed by atoms with Gasteiger partial charge in [-0.05, 0) is 12.8 Å². The fraction of sp³-hybridized carbons (Fsp3) is 0.857. The summed E-state index contributed by atoms with van der Waals surface area (Å²) < 4.78 is 25.1. The van der Waals surface area contributed by atoms with Gasteiger partial charge >= 0.3 is 0 Å². The van der Waals surface area contributed by atoms with E-state index in [0.717, 1.165) is 0 Å². The molecule has 2 N–H and O–H groups in total. The monoisotopic (exact) mass is 161 g/mol. The molecule has 2 fully saturated rings. The molecule has 3 atom stereocenters. The van der Waals surface area contributed by atoms with Gasteiger partial charge in [-0.15, -0.1) is 0 Å². The number of amides is 1. The van der Waals surface area contributed by atoms with Crippen LogP contribution in [0.4, 0.5) is 8.78 Å². The van der Waals surface area contributed by atoms with E-state index in [0.29, 0.717) is 12.8 Å². The molecule has 0 heterocycles. The molecule has 2 saturated carbocycles. The van der Waals surface area contributed by atoms with Gasteiger partial charge in [0.2, 0.25) is 5.91 Å². The van der Waals surface area contributed by atoms with Crippen LogP contribution in [0.2, 0.25) is 0 Å². The summed E-state index contributed by atoms with van der Waals surface area (Å²) in [5.74, 6) is -4.27. The molecule has 0 bridgehead atoms. The van der Waals surface area contributed by atoms with Gasteiger partial charge in [-0.25, -0.2) is 8.78 Å². The number of hydrogen-bond acceptors (Lipinski definition) is 1. The van der Waals surface area contributed by atoms with Crippen molar-refractivity contribution in [2.24, 2.45) is 23.5 Å². The van der Waals surface area contributed by atoms with E-state index < -0.39 is 23.7 Å². The molecule has 0 aliphatic heterocycles. The maximum Gasteiger partial charge on any atom is 0.254 e. The molecule has 2 aliphatic rings. The Kier molecular flexibility index (Phi) is 1.10. The number of hydrogen-bond donors (Lipinski definition) is 1. The van der Waals surface area contributed by atoms with Crippen molar-refractivity contribution in [2.45, 2.75) is 18.8 Å². The van der Waals surface area contributed by atoms with E-state index in [1.54, 1.807) is 0 Å². The number of fused-ring (bicyclic) bond motifs is 1. The van der Waals surface area contributed by atoms with Gasteiger partial charge in [0.1, 0.15) is 0 Å². The quantitative estimate of drug-likeness (QED) is 0.606.